The van der Waals surface area contributed by atoms with Gasteiger partial charge < -0.3 is 14.1 Å². The fourth-order valence-corrected chi connectivity index (χ4v) is 3.72. The largest absolute Gasteiger partial charge is 0.444 e. The number of oxazole rings is 1. The van der Waals surface area contributed by atoms with E-state index in [0.717, 1.165) is 16.7 Å². The number of hydrogen-bond acceptors (Lipinski definition) is 4. The molecule has 1 aromatic heterocycles. The van der Waals surface area contributed by atoms with Gasteiger partial charge in [-0.3, -0.25) is 0 Å². The van der Waals surface area contributed by atoms with Crippen molar-refractivity contribution in [1.29, 1.82) is 0 Å². The molecule has 1 aliphatic rings. The number of amides is 1. The first-order valence-electron chi connectivity index (χ1n) is 10.2. The molecule has 0 aliphatic carbocycles. The summed E-state index contributed by atoms with van der Waals surface area (Å²) in [5.41, 5.74) is 3.37. The van der Waals surface area contributed by atoms with E-state index in [2.05, 4.69) is 4.98 Å². The van der Waals surface area contributed by atoms with E-state index in [1.807, 2.05) is 45.0 Å². The van der Waals surface area contributed by atoms with Crippen molar-refractivity contribution in [3.63, 3.8) is 0 Å². The normalized spacial score (nSPS) is 14.6. The standard InChI is InChI=1S/C24H24ClFN2O3/c1-24(2,3)31-23(29)28-11-9-15(10-12-28)18-5-4-6-20-22(18)30-21(27-20)13-16-7-8-17(25)14-19(16)26/h4-9,14H,10-13H2,1-3H3. The second-order valence-electron chi connectivity index (χ2n) is 8.58. The summed E-state index contributed by atoms with van der Waals surface area (Å²) in [5, 5.41) is 0.353. The molecule has 0 atom stereocenters. The summed E-state index contributed by atoms with van der Waals surface area (Å²) in [5.74, 6) is 0.0580. The smallest absolute Gasteiger partial charge is 0.410 e. The first-order chi connectivity index (χ1) is 14.7. The summed E-state index contributed by atoms with van der Waals surface area (Å²) in [4.78, 5) is 18.5. The Bertz CT molecular complexity index is 1160. The maximum absolute atomic E-state index is 14.2. The number of halogens is 2. The lowest BCUT2D eigenvalue weighted by Crippen LogP contribution is -2.39. The van der Waals surface area contributed by atoms with Gasteiger partial charge in [-0.15, -0.1) is 0 Å². The van der Waals surface area contributed by atoms with Crippen LogP contribution in [0.1, 0.15) is 44.2 Å². The van der Waals surface area contributed by atoms with E-state index in [9.17, 15) is 9.18 Å². The molecule has 0 bridgehead atoms. The van der Waals surface area contributed by atoms with Crippen molar-refractivity contribution in [3.8, 4) is 0 Å². The SMILES string of the molecule is CC(C)(C)OC(=O)N1CC=C(c2cccc3nc(Cc4ccc(Cl)cc4F)oc23)CC1. The first kappa shape index (κ1) is 21.4. The zero-order valence-corrected chi connectivity index (χ0v) is 18.5. The van der Waals surface area contributed by atoms with Crippen molar-refractivity contribution in [2.75, 3.05) is 13.1 Å². The molecule has 4 rings (SSSR count). The van der Waals surface area contributed by atoms with Gasteiger partial charge in [-0.1, -0.05) is 35.9 Å². The quantitative estimate of drug-likeness (QED) is 0.482. The van der Waals surface area contributed by atoms with Crippen LogP contribution in [0, 0.1) is 5.82 Å². The number of nitrogens with zero attached hydrogens (tertiary/aromatic N) is 2. The molecule has 5 nitrogen and oxygen atoms in total. The molecular formula is C24H24ClFN2O3. The number of ether oxygens (including phenoxy) is 1. The number of fused-ring (bicyclic) bond motifs is 1. The molecule has 3 aromatic rings. The Balaban J connectivity index is 1.56. The maximum atomic E-state index is 14.2. The molecule has 2 aromatic carbocycles. The van der Waals surface area contributed by atoms with E-state index in [1.54, 1.807) is 17.0 Å². The first-order valence-corrected chi connectivity index (χ1v) is 10.6. The van der Waals surface area contributed by atoms with E-state index in [0.29, 0.717) is 41.6 Å². The Labute approximate surface area is 185 Å². The molecule has 7 heteroatoms. The van der Waals surface area contributed by atoms with Crippen LogP contribution in [0.25, 0.3) is 16.7 Å². The monoisotopic (exact) mass is 442 g/mol. The van der Waals surface area contributed by atoms with Crippen molar-refractivity contribution in [3.05, 3.63) is 70.3 Å². The van der Waals surface area contributed by atoms with Crippen LogP contribution in [-0.2, 0) is 11.2 Å². The summed E-state index contributed by atoms with van der Waals surface area (Å²) < 4.78 is 25.6. The topological polar surface area (TPSA) is 55.6 Å². The number of hydrogen-bond donors (Lipinski definition) is 0. The molecule has 0 saturated heterocycles. The molecule has 0 unspecified atom stereocenters. The molecule has 0 radical (unpaired) electrons. The van der Waals surface area contributed by atoms with Crippen LogP contribution in [0.4, 0.5) is 9.18 Å². The fraction of sp³-hybridized carbons (Fsp3) is 0.333. The summed E-state index contributed by atoms with van der Waals surface area (Å²) in [7, 11) is 0. The lowest BCUT2D eigenvalue weighted by molar-refractivity contribution is 0.0270. The highest BCUT2D eigenvalue weighted by molar-refractivity contribution is 6.30. The van der Waals surface area contributed by atoms with Crippen molar-refractivity contribution < 1.29 is 18.3 Å². The number of carbonyl (C=O) groups is 1. The Morgan fingerprint density at radius 1 is 1.29 bits per heavy atom. The Kier molecular flexibility index (Phi) is 5.75. The van der Waals surface area contributed by atoms with E-state index in [-0.39, 0.29) is 18.3 Å². The highest BCUT2D eigenvalue weighted by Gasteiger charge is 2.25. The molecule has 1 amide bonds. The third-order valence-electron chi connectivity index (χ3n) is 5.02. The second-order valence-corrected chi connectivity index (χ2v) is 9.02. The van der Waals surface area contributed by atoms with Gasteiger partial charge in [0, 0.05) is 23.7 Å². The minimum Gasteiger partial charge on any atom is -0.444 e. The van der Waals surface area contributed by atoms with Gasteiger partial charge >= 0.3 is 6.09 Å². The Morgan fingerprint density at radius 3 is 2.77 bits per heavy atom. The number of benzene rings is 2. The molecule has 0 saturated carbocycles. The minimum absolute atomic E-state index is 0.239. The molecule has 162 valence electrons. The summed E-state index contributed by atoms with van der Waals surface area (Å²) >= 11 is 5.83. The lowest BCUT2D eigenvalue weighted by atomic mass is 9.99. The van der Waals surface area contributed by atoms with E-state index < -0.39 is 5.60 Å². The molecule has 1 aliphatic heterocycles. The van der Waals surface area contributed by atoms with Gasteiger partial charge in [0.2, 0.25) is 0 Å². The van der Waals surface area contributed by atoms with Crippen molar-refractivity contribution in [1.82, 2.24) is 9.88 Å². The summed E-state index contributed by atoms with van der Waals surface area (Å²) in [6.07, 6.45) is 2.62. The van der Waals surface area contributed by atoms with Crippen LogP contribution in [0.3, 0.4) is 0 Å². The predicted octanol–water partition coefficient (Wildman–Crippen LogP) is 6.24. The number of rotatable bonds is 3. The van der Waals surface area contributed by atoms with Crippen molar-refractivity contribution in [2.24, 2.45) is 0 Å². The van der Waals surface area contributed by atoms with Gasteiger partial charge in [0.25, 0.3) is 0 Å². The van der Waals surface area contributed by atoms with Gasteiger partial charge in [-0.2, -0.15) is 0 Å². The fourth-order valence-electron chi connectivity index (χ4n) is 3.56. The molecule has 31 heavy (non-hydrogen) atoms. The van der Waals surface area contributed by atoms with Gasteiger partial charge in [0.1, 0.15) is 16.9 Å². The molecule has 0 fully saturated rings. The van der Waals surface area contributed by atoms with E-state index in [1.165, 1.54) is 6.07 Å². The zero-order valence-electron chi connectivity index (χ0n) is 17.7. The van der Waals surface area contributed by atoms with Gasteiger partial charge in [-0.25, -0.2) is 14.2 Å². The lowest BCUT2D eigenvalue weighted by Gasteiger charge is -2.29. The molecular weight excluding hydrogens is 419 g/mol. The highest BCUT2D eigenvalue weighted by Crippen LogP contribution is 2.31. The van der Waals surface area contributed by atoms with Gasteiger partial charge in [0.05, 0.1) is 6.42 Å². The molecule has 0 spiro atoms. The molecule has 2 heterocycles. The van der Waals surface area contributed by atoms with E-state index >= 15 is 0 Å². The van der Waals surface area contributed by atoms with Crippen molar-refractivity contribution in [2.45, 2.75) is 39.2 Å². The average molecular weight is 443 g/mol. The Hall–Kier alpha value is -2.86. The maximum Gasteiger partial charge on any atom is 0.410 e. The van der Waals surface area contributed by atoms with Crippen LogP contribution in [0.5, 0.6) is 0 Å². The molecule has 0 N–H and O–H groups in total. The van der Waals surface area contributed by atoms with Crippen LogP contribution in [0.2, 0.25) is 5.02 Å². The number of carbonyl (C=O) groups excluding carboxylic acids is 1. The number of aromatic nitrogens is 1. The zero-order chi connectivity index (χ0) is 22.2. The highest BCUT2D eigenvalue weighted by atomic mass is 35.5. The van der Waals surface area contributed by atoms with Gasteiger partial charge in [0.15, 0.2) is 11.5 Å². The van der Waals surface area contributed by atoms with Crippen molar-refractivity contribution >= 4 is 34.4 Å². The number of para-hydroxylation sites is 1. The van der Waals surface area contributed by atoms with Crippen LogP contribution >= 0.6 is 11.6 Å². The summed E-state index contributed by atoms with van der Waals surface area (Å²) in [6.45, 7) is 6.60. The van der Waals surface area contributed by atoms with Gasteiger partial charge in [-0.05, 0) is 56.5 Å². The second kappa shape index (κ2) is 8.35. The van der Waals surface area contributed by atoms with E-state index in [4.69, 9.17) is 20.8 Å². The van der Waals surface area contributed by atoms with Crippen LogP contribution in [0.15, 0.2) is 46.9 Å². The third kappa shape index (κ3) is 4.90. The van der Waals surface area contributed by atoms with Crippen LogP contribution in [-0.4, -0.2) is 34.7 Å². The van der Waals surface area contributed by atoms with Crippen LogP contribution < -0.4 is 0 Å². The summed E-state index contributed by atoms with van der Waals surface area (Å²) in [6, 6.07) is 10.4. The minimum atomic E-state index is -0.521. The predicted molar refractivity (Wildman–Crippen MR) is 119 cm³/mol. The Morgan fingerprint density at radius 2 is 2.10 bits per heavy atom. The third-order valence-corrected chi connectivity index (χ3v) is 5.26. The average Bonchev–Trinajstić information content (AvgIpc) is 3.11.